The Kier molecular flexibility index (Phi) is 4.11. The van der Waals surface area contributed by atoms with E-state index in [0.29, 0.717) is 12.5 Å². The second kappa shape index (κ2) is 4.91. The topological polar surface area (TPSA) is 29.3 Å². The van der Waals surface area contributed by atoms with E-state index >= 15 is 0 Å². The lowest BCUT2D eigenvalue weighted by Crippen LogP contribution is -2.12. The third-order valence-electron chi connectivity index (χ3n) is 2.24. The van der Waals surface area contributed by atoms with Crippen LogP contribution < -0.4 is 5.73 Å². The van der Waals surface area contributed by atoms with Crippen LogP contribution in [-0.4, -0.2) is 19.0 Å². The minimum Gasteiger partial charge on any atom is -0.326 e. The third-order valence-corrected chi connectivity index (χ3v) is 3.31. The summed E-state index contributed by atoms with van der Waals surface area (Å²) in [5.74, 6) is 0.578. The molecule has 1 aromatic rings. The first-order valence-electron chi connectivity index (χ1n) is 5.00. The summed E-state index contributed by atoms with van der Waals surface area (Å²) in [6, 6.07) is 0. The average molecular weight is 212 g/mol. The Hall–Kier alpha value is -0.380. The van der Waals surface area contributed by atoms with Crippen molar-refractivity contribution in [3.8, 4) is 0 Å². The van der Waals surface area contributed by atoms with Gasteiger partial charge in [0.05, 0.1) is 0 Å². The molecule has 0 radical (unpaired) electrons. The van der Waals surface area contributed by atoms with Crippen LogP contribution in [0.5, 0.6) is 0 Å². The zero-order chi connectivity index (χ0) is 10.7. The molecule has 0 bridgehead atoms. The van der Waals surface area contributed by atoms with Crippen LogP contribution in [0.4, 0.5) is 0 Å². The standard InChI is InChI=1S/C11H20N2S/c1-8(2)11-9(6-13(3)4)7-14-10(11)5-12/h7-8H,5-6,12H2,1-4H3. The van der Waals surface area contributed by atoms with E-state index in [1.54, 1.807) is 11.3 Å². The van der Waals surface area contributed by atoms with Gasteiger partial charge in [-0.3, -0.25) is 0 Å². The Labute approximate surface area is 90.7 Å². The first-order chi connectivity index (χ1) is 6.56. The van der Waals surface area contributed by atoms with Crippen molar-refractivity contribution in [3.63, 3.8) is 0 Å². The molecule has 2 N–H and O–H groups in total. The Morgan fingerprint density at radius 2 is 2.07 bits per heavy atom. The summed E-state index contributed by atoms with van der Waals surface area (Å²) in [6.07, 6.45) is 0. The molecule has 80 valence electrons. The Morgan fingerprint density at radius 1 is 1.43 bits per heavy atom. The monoisotopic (exact) mass is 212 g/mol. The second-order valence-electron chi connectivity index (χ2n) is 4.19. The summed E-state index contributed by atoms with van der Waals surface area (Å²) < 4.78 is 0. The highest BCUT2D eigenvalue weighted by Gasteiger charge is 2.13. The van der Waals surface area contributed by atoms with Crippen LogP contribution in [0.15, 0.2) is 5.38 Å². The summed E-state index contributed by atoms with van der Waals surface area (Å²) in [7, 11) is 4.20. The normalized spacial score (nSPS) is 11.6. The van der Waals surface area contributed by atoms with E-state index < -0.39 is 0 Å². The molecule has 0 saturated carbocycles. The van der Waals surface area contributed by atoms with Crippen molar-refractivity contribution in [2.75, 3.05) is 14.1 Å². The summed E-state index contributed by atoms with van der Waals surface area (Å²) in [4.78, 5) is 3.55. The van der Waals surface area contributed by atoms with E-state index in [0.717, 1.165) is 6.54 Å². The molecule has 0 spiro atoms. The molecule has 1 heterocycles. The van der Waals surface area contributed by atoms with Crippen LogP contribution >= 0.6 is 11.3 Å². The van der Waals surface area contributed by atoms with E-state index in [4.69, 9.17) is 5.73 Å². The molecule has 0 atom stereocenters. The van der Waals surface area contributed by atoms with Crippen molar-refractivity contribution in [2.24, 2.45) is 5.73 Å². The SMILES string of the molecule is CC(C)c1c(CN(C)C)csc1CN. The largest absolute Gasteiger partial charge is 0.326 e. The van der Waals surface area contributed by atoms with Crippen molar-refractivity contribution in [1.82, 2.24) is 4.90 Å². The molecule has 0 aliphatic carbocycles. The summed E-state index contributed by atoms with van der Waals surface area (Å²) >= 11 is 1.79. The number of nitrogens with two attached hydrogens (primary N) is 1. The quantitative estimate of drug-likeness (QED) is 0.830. The molecule has 14 heavy (non-hydrogen) atoms. The maximum absolute atomic E-state index is 5.73. The van der Waals surface area contributed by atoms with Gasteiger partial charge < -0.3 is 10.6 Å². The molecule has 0 aliphatic heterocycles. The first kappa shape index (κ1) is 11.7. The predicted octanol–water partition coefficient (Wildman–Crippen LogP) is 2.39. The fourth-order valence-corrected chi connectivity index (χ4v) is 2.84. The van der Waals surface area contributed by atoms with E-state index in [1.165, 1.54) is 16.0 Å². The predicted molar refractivity (Wildman–Crippen MR) is 63.7 cm³/mol. The van der Waals surface area contributed by atoms with Gasteiger partial charge in [0.25, 0.3) is 0 Å². The van der Waals surface area contributed by atoms with Crippen LogP contribution in [0, 0.1) is 0 Å². The Balaban J connectivity index is 2.98. The molecule has 2 nitrogen and oxygen atoms in total. The fourth-order valence-electron chi connectivity index (χ4n) is 1.76. The van der Waals surface area contributed by atoms with Gasteiger partial charge in [0, 0.05) is 18.0 Å². The summed E-state index contributed by atoms with van der Waals surface area (Å²) in [5.41, 5.74) is 8.63. The van der Waals surface area contributed by atoms with Crippen molar-refractivity contribution >= 4 is 11.3 Å². The fraction of sp³-hybridized carbons (Fsp3) is 0.636. The maximum Gasteiger partial charge on any atom is 0.0276 e. The van der Waals surface area contributed by atoms with Crippen molar-refractivity contribution < 1.29 is 0 Å². The highest BCUT2D eigenvalue weighted by Crippen LogP contribution is 2.29. The minimum atomic E-state index is 0.578. The number of hydrogen-bond acceptors (Lipinski definition) is 3. The highest BCUT2D eigenvalue weighted by atomic mass is 32.1. The molecular formula is C11H20N2S. The number of nitrogens with zero attached hydrogens (tertiary/aromatic N) is 1. The van der Waals surface area contributed by atoms with E-state index in [1.807, 2.05) is 0 Å². The zero-order valence-corrected chi connectivity index (χ0v) is 10.3. The molecule has 0 amide bonds. The van der Waals surface area contributed by atoms with Crippen LogP contribution in [0.2, 0.25) is 0 Å². The summed E-state index contributed by atoms with van der Waals surface area (Å²) in [5, 5.41) is 2.25. The van der Waals surface area contributed by atoms with Gasteiger partial charge in [-0.1, -0.05) is 13.8 Å². The van der Waals surface area contributed by atoms with E-state index in [9.17, 15) is 0 Å². The highest BCUT2D eigenvalue weighted by molar-refractivity contribution is 7.10. The van der Waals surface area contributed by atoms with Gasteiger partial charge >= 0.3 is 0 Å². The van der Waals surface area contributed by atoms with Crippen molar-refractivity contribution in [3.05, 3.63) is 21.4 Å². The van der Waals surface area contributed by atoms with Gasteiger partial charge in [0.2, 0.25) is 0 Å². The van der Waals surface area contributed by atoms with Crippen molar-refractivity contribution in [2.45, 2.75) is 32.9 Å². The smallest absolute Gasteiger partial charge is 0.0276 e. The lowest BCUT2D eigenvalue weighted by molar-refractivity contribution is 0.401. The molecule has 3 heteroatoms. The summed E-state index contributed by atoms with van der Waals surface area (Å²) in [6.45, 7) is 6.16. The molecule has 0 aliphatic rings. The van der Waals surface area contributed by atoms with Gasteiger partial charge in [-0.05, 0) is 36.5 Å². The number of thiophene rings is 1. The Bertz CT molecular complexity index is 289. The van der Waals surface area contributed by atoms with Crippen molar-refractivity contribution in [1.29, 1.82) is 0 Å². The van der Waals surface area contributed by atoms with Gasteiger partial charge in [0.1, 0.15) is 0 Å². The molecule has 1 rings (SSSR count). The zero-order valence-electron chi connectivity index (χ0n) is 9.50. The molecular weight excluding hydrogens is 192 g/mol. The molecule has 0 aromatic carbocycles. The van der Waals surface area contributed by atoms with Gasteiger partial charge in [0.15, 0.2) is 0 Å². The minimum absolute atomic E-state index is 0.578. The van der Waals surface area contributed by atoms with Crippen LogP contribution in [0.1, 0.15) is 35.8 Å². The van der Waals surface area contributed by atoms with Gasteiger partial charge in [-0.25, -0.2) is 0 Å². The first-order valence-corrected chi connectivity index (χ1v) is 5.88. The van der Waals surface area contributed by atoms with E-state index in [2.05, 4.69) is 38.2 Å². The molecule has 0 saturated heterocycles. The number of rotatable bonds is 4. The lowest BCUT2D eigenvalue weighted by atomic mass is 9.99. The Morgan fingerprint density at radius 3 is 2.50 bits per heavy atom. The average Bonchev–Trinajstić information content (AvgIpc) is 2.46. The lowest BCUT2D eigenvalue weighted by Gasteiger charge is -2.13. The molecule has 1 aromatic heterocycles. The van der Waals surface area contributed by atoms with Gasteiger partial charge in [-0.15, -0.1) is 11.3 Å². The number of hydrogen-bond donors (Lipinski definition) is 1. The second-order valence-corrected chi connectivity index (χ2v) is 5.16. The maximum atomic E-state index is 5.73. The van der Waals surface area contributed by atoms with Crippen LogP contribution in [0.25, 0.3) is 0 Å². The van der Waals surface area contributed by atoms with Gasteiger partial charge in [-0.2, -0.15) is 0 Å². The van der Waals surface area contributed by atoms with Crippen LogP contribution in [0.3, 0.4) is 0 Å². The molecule has 0 unspecified atom stereocenters. The van der Waals surface area contributed by atoms with Crippen LogP contribution in [-0.2, 0) is 13.1 Å². The van der Waals surface area contributed by atoms with E-state index in [-0.39, 0.29) is 0 Å². The third kappa shape index (κ3) is 2.56. The molecule has 0 fully saturated rings.